The summed E-state index contributed by atoms with van der Waals surface area (Å²) in [6.45, 7) is 2.00. The molecule has 104 valence electrons. The minimum Gasteiger partial charge on any atom is -0.545 e. The quantitative estimate of drug-likeness (QED) is 0.718. The molecule has 1 aromatic heterocycles. The highest BCUT2D eigenvalue weighted by Crippen LogP contribution is 2.27. The average molecular weight is 341 g/mol. The summed E-state index contributed by atoms with van der Waals surface area (Å²) in [5.41, 5.74) is 3.44. The van der Waals surface area contributed by atoms with Crippen molar-refractivity contribution in [2.45, 2.75) is 6.92 Å². The maximum Gasteiger partial charge on any atom is 0.0722 e. The number of carboxylic acid groups (broad SMARTS) is 1. The fourth-order valence-corrected chi connectivity index (χ4v) is 2.60. The first-order valence-corrected chi connectivity index (χ1v) is 7.22. The van der Waals surface area contributed by atoms with Crippen molar-refractivity contribution in [3.05, 3.63) is 64.1 Å². The Kier molecular flexibility index (Phi) is 3.47. The lowest BCUT2D eigenvalue weighted by atomic mass is 10.0. The van der Waals surface area contributed by atoms with Crippen LogP contribution in [0.4, 0.5) is 0 Å². The zero-order valence-corrected chi connectivity index (χ0v) is 12.8. The first kappa shape index (κ1) is 13.8. The Labute approximate surface area is 130 Å². The van der Waals surface area contributed by atoms with E-state index < -0.39 is 5.97 Å². The lowest BCUT2D eigenvalue weighted by Gasteiger charge is -2.11. The van der Waals surface area contributed by atoms with Crippen LogP contribution in [0.3, 0.4) is 0 Å². The Bertz CT molecular complexity index is 841. The number of aromatic nitrogens is 1. The minimum absolute atomic E-state index is 0.150. The molecule has 1 heterocycles. The van der Waals surface area contributed by atoms with Crippen LogP contribution in [0.1, 0.15) is 15.9 Å². The lowest BCUT2D eigenvalue weighted by Crippen LogP contribution is -2.22. The van der Waals surface area contributed by atoms with E-state index in [1.54, 1.807) is 18.2 Å². The third-order valence-corrected chi connectivity index (χ3v) is 3.83. The van der Waals surface area contributed by atoms with E-state index in [1.807, 2.05) is 37.3 Å². The number of aromatic carboxylic acids is 1. The van der Waals surface area contributed by atoms with Crippen molar-refractivity contribution in [1.82, 2.24) is 4.98 Å². The van der Waals surface area contributed by atoms with Gasteiger partial charge in [-0.15, -0.1) is 0 Å². The van der Waals surface area contributed by atoms with Crippen LogP contribution in [0, 0.1) is 6.92 Å². The fraction of sp³-hybridized carbons (Fsp3) is 0.0588. The molecule has 0 aliphatic carbocycles. The number of halogens is 1. The Balaban J connectivity index is 2.28. The van der Waals surface area contributed by atoms with E-state index in [2.05, 4.69) is 20.9 Å². The largest absolute Gasteiger partial charge is 0.545 e. The molecule has 0 N–H and O–H groups in total. The van der Waals surface area contributed by atoms with E-state index >= 15 is 0 Å². The number of aryl methyl sites for hydroxylation is 1. The van der Waals surface area contributed by atoms with Gasteiger partial charge < -0.3 is 9.90 Å². The molecule has 0 aliphatic heterocycles. The van der Waals surface area contributed by atoms with Crippen LogP contribution in [0.2, 0.25) is 0 Å². The molecule has 0 aliphatic rings. The summed E-state index contributed by atoms with van der Waals surface area (Å²) in [4.78, 5) is 16.0. The summed E-state index contributed by atoms with van der Waals surface area (Å²) >= 11 is 3.35. The molecule has 0 spiro atoms. The van der Waals surface area contributed by atoms with Crippen molar-refractivity contribution in [3.8, 4) is 11.3 Å². The van der Waals surface area contributed by atoms with Crippen molar-refractivity contribution >= 4 is 32.8 Å². The molecule has 0 unspecified atom stereocenters. The molecular weight excluding hydrogens is 330 g/mol. The highest BCUT2D eigenvalue weighted by atomic mass is 79.9. The van der Waals surface area contributed by atoms with Crippen molar-refractivity contribution in [2.24, 2.45) is 0 Å². The molecule has 3 rings (SSSR count). The normalized spacial score (nSPS) is 10.8. The number of carboxylic acids is 1. The number of fused-ring (bicyclic) bond motifs is 1. The monoisotopic (exact) mass is 340 g/mol. The molecule has 3 nitrogen and oxygen atoms in total. The molecule has 4 heteroatoms. The summed E-state index contributed by atoms with van der Waals surface area (Å²) in [6, 6.07) is 14.8. The second-order valence-electron chi connectivity index (χ2n) is 4.87. The second-order valence-corrected chi connectivity index (χ2v) is 5.79. The van der Waals surface area contributed by atoms with Crippen LogP contribution in [0.15, 0.2) is 53.0 Å². The van der Waals surface area contributed by atoms with Crippen LogP contribution in [-0.4, -0.2) is 11.0 Å². The van der Waals surface area contributed by atoms with E-state index in [9.17, 15) is 9.90 Å². The van der Waals surface area contributed by atoms with Gasteiger partial charge in [0.1, 0.15) is 0 Å². The fourth-order valence-electron chi connectivity index (χ4n) is 2.24. The van der Waals surface area contributed by atoms with Crippen LogP contribution in [0.5, 0.6) is 0 Å². The van der Waals surface area contributed by atoms with Crippen LogP contribution < -0.4 is 5.11 Å². The summed E-state index contributed by atoms with van der Waals surface area (Å²) in [5, 5.41) is 12.0. The number of carbonyl (C=O) groups excluding carboxylic acids is 1. The third-order valence-electron chi connectivity index (χ3n) is 3.34. The number of hydrogen-bond acceptors (Lipinski definition) is 3. The van der Waals surface area contributed by atoms with Gasteiger partial charge in [0.25, 0.3) is 0 Å². The predicted octanol–water partition coefficient (Wildman–Crippen LogP) is 3.34. The van der Waals surface area contributed by atoms with Gasteiger partial charge in [-0.2, -0.15) is 0 Å². The van der Waals surface area contributed by atoms with Gasteiger partial charge in [0, 0.05) is 21.0 Å². The standard InChI is InChI=1S/C17H12BrNO2/c1-10-2-4-11(5-3-10)16-9-14(17(20)21)13-8-12(18)6-7-15(13)19-16/h2-9H,1H3,(H,20,21)/p-1. The smallest absolute Gasteiger partial charge is 0.0722 e. The lowest BCUT2D eigenvalue weighted by molar-refractivity contribution is -0.254. The van der Waals surface area contributed by atoms with Crippen molar-refractivity contribution in [1.29, 1.82) is 0 Å². The molecular formula is C17H11BrNO2-. The summed E-state index contributed by atoms with van der Waals surface area (Å²) < 4.78 is 0.808. The molecule has 0 bridgehead atoms. The number of rotatable bonds is 2. The number of carbonyl (C=O) groups is 1. The van der Waals surface area contributed by atoms with E-state index in [0.29, 0.717) is 16.6 Å². The molecule has 0 amide bonds. The van der Waals surface area contributed by atoms with E-state index in [-0.39, 0.29) is 5.56 Å². The number of nitrogens with zero attached hydrogens (tertiary/aromatic N) is 1. The number of benzene rings is 2. The highest BCUT2D eigenvalue weighted by Gasteiger charge is 2.09. The first-order chi connectivity index (χ1) is 10.0. The van der Waals surface area contributed by atoms with Gasteiger partial charge in [-0.3, -0.25) is 0 Å². The first-order valence-electron chi connectivity index (χ1n) is 6.43. The van der Waals surface area contributed by atoms with Gasteiger partial charge in [0.15, 0.2) is 0 Å². The van der Waals surface area contributed by atoms with Gasteiger partial charge >= 0.3 is 0 Å². The Morgan fingerprint density at radius 1 is 1.10 bits per heavy atom. The van der Waals surface area contributed by atoms with Crippen LogP contribution in [0.25, 0.3) is 22.2 Å². The molecule has 0 fully saturated rings. The summed E-state index contributed by atoms with van der Waals surface area (Å²) in [6.07, 6.45) is 0. The molecule has 0 saturated carbocycles. The van der Waals surface area contributed by atoms with E-state index in [0.717, 1.165) is 15.6 Å². The molecule has 3 aromatic rings. The third kappa shape index (κ3) is 2.67. The predicted molar refractivity (Wildman–Crippen MR) is 83.9 cm³/mol. The minimum atomic E-state index is -1.20. The van der Waals surface area contributed by atoms with E-state index in [1.165, 1.54) is 0 Å². The molecule has 0 atom stereocenters. The number of hydrogen-bond donors (Lipinski definition) is 0. The highest BCUT2D eigenvalue weighted by molar-refractivity contribution is 9.10. The van der Waals surface area contributed by atoms with Gasteiger partial charge in [-0.05, 0) is 31.2 Å². The second kappa shape index (κ2) is 5.30. The van der Waals surface area contributed by atoms with Crippen LogP contribution in [-0.2, 0) is 0 Å². The van der Waals surface area contributed by atoms with Gasteiger partial charge in [-0.1, -0.05) is 45.8 Å². The van der Waals surface area contributed by atoms with Gasteiger partial charge in [-0.25, -0.2) is 4.98 Å². The van der Waals surface area contributed by atoms with Gasteiger partial charge in [0.2, 0.25) is 0 Å². The van der Waals surface area contributed by atoms with Gasteiger partial charge in [0.05, 0.1) is 17.2 Å². The summed E-state index contributed by atoms with van der Waals surface area (Å²) in [5.74, 6) is -1.20. The van der Waals surface area contributed by atoms with Crippen molar-refractivity contribution in [2.75, 3.05) is 0 Å². The summed E-state index contributed by atoms with van der Waals surface area (Å²) in [7, 11) is 0. The Hall–Kier alpha value is -2.20. The maximum absolute atomic E-state index is 11.4. The zero-order valence-electron chi connectivity index (χ0n) is 11.3. The van der Waals surface area contributed by atoms with Crippen molar-refractivity contribution < 1.29 is 9.90 Å². The molecule has 2 aromatic carbocycles. The molecule has 0 radical (unpaired) electrons. The van der Waals surface area contributed by atoms with Crippen LogP contribution >= 0.6 is 15.9 Å². The molecule has 21 heavy (non-hydrogen) atoms. The molecule has 0 saturated heterocycles. The number of pyridine rings is 1. The SMILES string of the molecule is Cc1ccc(-c2cc(C(=O)[O-])c3cc(Br)ccc3n2)cc1. The zero-order chi connectivity index (χ0) is 15.0. The topological polar surface area (TPSA) is 53.0 Å². The Morgan fingerprint density at radius 3 is 2.48 bits per heavy atom. The Morgan fingerprint density at radius 2 is 1.81 bits per heavy atom. The maximum atomic E-state index is 11.4. The average Bonchev–Trinajstić information content (AvgIpc) is 2.46. The van der Waals surface area contributed by atoms with Crippen molar-refractivity contribution in [3.63, 3.8) is 0 Å². The van der Waals surface area contributed by atoms with E-state index in [4.69, 9.17) is 0 Å².